The number of halogens is 2. The lowest BCUT2D eigenvalue weighted by Gasteiger charge is -2.38. The second-order valence-electron chi connectivity index (χ2n) is 7.81. The number of pyridine rings is 1. The number of aromatic nitrogens is 1. The summed E-state index contributed by atoms with van der Waals surface area (Å²) in [5, 5.41) is 11.4. The Morgan fingerprint density at radius 3 is 2.82 bits per heavy atom. The molecule has 0 radical (unpaired) electrons. The van der Waals surface area contributed by atoms with Crippen LogP contribution in [0, 0.1) is 11.3 Å². The predicted octanol–water partition coefficient (Wildman–Crippen LogP) is 3.15. The molecule has 3 aromatic rings. The van der Waals surface area contributed by atoms with Crippen LogP contribution >= 0.6 is 0 Å². The van der Waals surface area contributed by atoms with Crippen molar-refractivity contribution < 1.29 is 18.3 Å². The van der Waals surface area contributed by atoms with Crippen molar-refractivity contribution in [1.29, 1.82) is 5.26 Å². The Kier molecular flexibility index (Phi) is 6.30. The van der Waals surface area contributed by atoms with Crippen LogP contribution in [0.25, 0.3) is 10.9 Å². The summed E-state index contributed by atoms with van der Waals surface area (Å²) in [7, 11) is 0. The molecule has 1 saturated heterocycles. The third kappa shape index (κ3) is 4.60. The van der Waals surface area contributed by atoms with Crippen LogP contribution in [0.2, 0.25) is 0 Å². The fourth-order valence-corrected chi connectivity index (χ4v) is 3.74. The molecule has 34 heavy (non-hydrogen) atoms. The summed E-state index contributed by atoms with van der Waals surface area (Å²) in [6, 6.07) is 16.9. The first-order valence-electron chi connectivity index (χ1n) is 10.5. The summed E-state index contributed by atoms with van der Waals surface area (Å²) in [5.74, 6) is 2.02. The Balaban J connectivity index is 1.58. The molecule has 4 N–H and O–H groups in total. The number of para-hydroxylation sites is 1. The largest absolute Gasteiger partial charge is 0.465 e. The van der Waals surface area contributed by atoms with Crippen LogP contribution in [0.3, 0.4) is 0 Å². The molecule has 0 saturated carbocycles. The zero-order chi connectivity index (χ0) is 24.3. The van der Waals surface area contributed by atoms with Gasteiger partial charge in [-0.2, -0.15) is 5.26 Å². The minimum absolute atomic E-state index is 0.0432. The number of hydrogen-bond donors (Lipinski definition) is 2. The minimum atomic E-state index is -3.21. The third-order valence-electron chi connectivity index (χ3n) is 5.56. The number of hydrogen-bond acceptors (Lipinski definition) is 7. The number of alkyl halides is 2. The highest BCUT2D eigenvalue weighted by Crippen LogP contribution is 2.33. The molecule has 1 aliphatic rings. The second kappa shape index (κ2) is 9.33. The van der Waals surface area contributed by atoms with Crippen molar-refractivity contribution >= 4 is 22.5 Å². The highest BCUT2D eigenvalue weighted by Gasteiger charge is 2.47. The topological polar surface area (TPSA) is 121 Å². The number of benzene rings is 2. The molecule has 2 aromatic carbocycles. The number of hydrazine groups is 1. The van der Waals surface area contributed by atoms with E-state index in [4.69, 9.17) is 16.3 Å². The molecule has 174 valence electrons. The maximum atomic E-state index is 14.8. The van der Waals surface area contributed by atoms with E-state index in [1.165, 1.54) is 22.3 Å². The maximum absolute atomic E-state index is 14.8. The van der Waals surface area contributed by atoms with E-state index in [2.05, 4.69) is 4.98 Å². The molecule has 4 rings (SSSR count). The van der Waals surface area contributed by atoms with Crippen molar-refractivity contribution in [3.8, 4) is 11.9 Å². The number of nitriles is 1. The highest BCUT2D eigenvalue weighted by atomic mass is 19.3. The first-order valence-corrected chi connectivity index (χ1v) is 10.5. The summed E-state index contributed by atoms with van der Waals surface area (Å²) in [4.78, 5) is 18.7. The van der Waals surface area contributed by atoms with Crippen molar-refractivity contribution in [1.82, 2.24) is 9.88 Å². The molecule has 1 aliphatic heterocycles. The fourth-order valence-electron chi connectivity index (χ4n) is 3.74. The Morgan fingerprint density at radius 1 is 1.26 bits per heavy atom. The lowest BCUT2D eigenvalue weighted by molar-refractivity contribution is -0.131. The molecule has 8 nitrogen and oxygen atoms in total. The maximum Gasteiger partial charge on any atom is 0.287 e. The third-order valence-corrected chi connectivity index (χ3v) is 5.56. The van der Waals surface area contributed by atoms with E-state index in [1.807, 2.05) is 6.07 Å². The monoisotopic (exact) mass is 464 g/mol. The summed E-state index contributed by atoms with van der Waals surface area (Å²) < 4.78 is 35.1. The van der Waals surface area contributed by atoms with E-state index in [1.54, 1.807) is 54.6 Å². The first kappa shape index (κ1) is 22.9. The molecule has 0 bridgehead atoms. The lowest BCUT2D eigenvalue weighted by Crippen LogP contribution is -2.55. The Bertz CT molecular complexity index is 1290. The van der Waals surface area contributed by atoms with Gasteiger partial charge in [0.05, 0.1) is 17.7 Å². The predicted molar refractivity (Wildman–Crippen MR) is 123 cm³/mol. The number of carbonyl (C=O) groups excluding carboxylic acids is 1. The van der Waals surface area contributed by atoms with Crippen LogP contribution in [0.4, 0.5) is 14.5 Å². The van der Waals surface area contributed by atoms with Gasteiger partial charge in [0.1, 0.15) is 11.6 Å². The van der Waals surface area contributed by atoms with Crippen molar-refractivity contribution in [2.75, 3.05) is 18.1 Å². The molecule has 1 amide bonds. The lowest BCUT2D eigenvalue weighted by atomic mass is 10.0. The molecular weight excluding hydrogens is 442 g/mol. The Hall–Kier alpha value is -4.23. The van der Waals surface area contributed by atoms with Gasteiger partial charge >= 0.3 is 0 Å². The Labute approximate surface area is 194 Å². The quantitative estimate of drug-likeness (QED) is 0.439. The molecule has 1 fully saturated rings. The molecule has 2 heterocycles. The van der Waals surface area contributed by atoms with Gasteiger partial charge in [-0.1, -0.05) is 24.3 Å². The average molecular weight is 464 g/mol. The van der Waals surface area contributed by atoms with E-state index in [-0.39, 0.29) is 30.1 Å². The van der Waals surface area contributed by atoms with Gasteiger partial charge in [-0.3, -0.25) is 9.80 Å². The zero-order valence-corrected chi connectivity index (χ0v) is 18.1. The molecule has 0 aliphatic carbocycles. The number of anilines is 1. The van der Waals surface area contributed by atoms with E-state index in [0.29, 0.717) is 16.6 Å². The molecule has 0 spiro atoms. The van der Waals surface area contributed by atoms with Crippen LogP contribution < -0.4 is 21.3 Å². The second-order valence-corrected chi connectivity index (χ2v) is 7.81. The van der Waals surface area contributed by atoms with Gasteiger partial charge in [0, 0.05) is 36.3 Å². The standard InChI is InChI=1S/C24H22F2N6O2/c25-24(26)8-10-31(23(33)17-5-3-6-19(13-17)32(29)11-9-27)15-21(24)34-22-18(14-28)12-16-4-1-2-7-20(16)30-22/h1-7,9,11-13,21H,8,10,15,27,29H2/b11-9-. The zero-order valence-electron chi connectivity index (χ0n) is 18.1. The van der Waals surface area contributed by atoms with Crippen LogP contribution in [0.5, 0.6) is 5.88 Å². The molecular formula is C24H22F2N6O2. The molecule has 1 unspecified atom stereocenters. The smallest absolute Gasteiger partial charge is 0.287 e. The van der Waals surface area contributed by atoms with Crippen LogP contribution in [0.15, 0.2) is 67.0 Å². The SMILES string of the molecule is N#Cc1cc2ccccc2nc1OC1CN(C(=O)c2cccc(N(N)/C=C\N)c2)CCC1(F)F. The van der Waals surface area contributed by atoms with Gasteiger partial charge in [-0.15, -0.1) is 0 Å². The van der Waals surface area contributed by atoms with Crippen LogP contribution in [-0.4, -0.2) is 40.9 Å². The summed E-state index contributed by atoms with van der Waals surface area (Å²) in [5.41, 5.74) is 6.69. The van der Waals surface area contributed by atoms with Gasteiger partial charge in [0.25, 0.3) is 11.8 Å². The van der Waals surface area contributed by atoms with E-state index in [0.717, 1.165) is 0 Å². The average Bonchev–Trinajstić information content (AvgIpc) is 2.84. The van der Waals surface area contributed by atoms with Gasteiger partial charge in [0.15, 0.2) is 6.10 Å². The number of nitrogens with zero attached hydrogens (tertiary/aromatic N) is 4. The van der Waals surface area contributed by atoms with Crippen molar-refractivity contribution in [2.45, 2.75) is 18.4 Å². The molecule has 1 atom stereocenters. The highest BCUT2D eigenvalue weighted by molar-refractivity contribution is 5.95. The summed E-state index contributed by atoms with van der Waals surface area (Å²) in [6.07, 6.45) is 0.412. The van der Waals surface area contributed by atoms with Crippen molar-refractivity contribution in [3.05, 3.63) is 78.1 Å². The number of rotatable bonds is 5. The van der Waals surface area contributed by atoms with Crippen LogP contribution in [-0.2, 0) is 0 Å². The molecule has 10 heteroatoms. The van der Waals surface area contributed by atoms with Crippen LogP contribution in [0.1, 0.15) is 22.3 Å². The van der Waals surface area contributed by atoms with E-state index in [9.17, 15) is 18.8 Å². The number of likely N-dealkylation sites (tertiary alicyclic amines) is 1. The van der Waals surface area contributed by atoms with E-state index < -0.39 is 24.4 Å². The van der Waals surface area contributed by atoms with Gasteiger partial charge in [0.2, 0.25) is 5.88 Å². The van der Waals surface area contributed by atoms with Gasteiger partial charge in [-0.05, 0) is 30.3 Å². The van der Waals surface area contributed by atoms with Crippen molar-refractivity contribution in [3.63, 3.8) is 0 Å². The number of carbonyl (C=O) groups is 1. The number of fused-ring (bicyclic) bond motifs is 1. The van der Waals surface area contributed by atoms with Crippen molar-refractivity contribution in [2.24, 2.45) is 11.6 Å². The summed E-state index contributed by atoms with van der Waals surface area (Å²) >= 11 is 0. The minimum Gasteiger partial charge on any atom is -0.465 e. The van der Waals surface area contributed by atoms with Gasteiger partial charge in [-0.25, -0.2) is 19.6 Å². The number of nitrogens with two attached hydrogens (primary N) is 2. The van der Waals surface area contributed by atoms with E-state index >= 15 is 0 Å². The summed E-state index contributed by atoms with van der Waals surface area (Å²) in [6.45, 7) is -0.522. The Morgan fingerprint density at radius 2 is 2.06 bits per heavy atom. The first-order chi connectivity index (χ1) is 16.3. The number of amides is 1. The fraction of sp³-hybridized carbons (Fsp3) is 0.208. The number of ether oxygens (including phenoxy) is 1. The normalized spacial score (nSPS) is 17.5. The molecule has 1 aromatic heterocycles. The van der Waals surface area contributed by atoms with Gasteiger partial charge < -0.3 is 15.4 Å². The number of piperidine rings is 1.